The van der Waals surface area contributed by atoms with E-state index in [9.17, 15) is 4.79 Å². The summed E-state index contributed by atoms with van der Waals surface area (Å²) in [4.78, 5) is 11.4. The molecule has 0 aliphatic rings. The molecule has 0 unspecified atom stereocenters. The van der Waals surface area contributed by atoms with Crippen molar-refractivity contribution >= 4 is 12.0 Å². The average molecular weight is 280 g/mol. The number of carbonyl (C=O) groups excluding carboxylic acids is 1. The van der Waals surface area contributed by atoms with Gasteiger partial charge in [0.05, 0.1) is 33.0 Å². The molecule has 110 valence electrons. The number of hydrogen-bond donors (Lipinski definition) is 1. The van der Waals surface area contributed by atoms with Gasteiger partial charge in [-0.2, -0.15) is 0 Å². The van der Waals surface area contributed by atoms with Gasteiger partial charge in [-0.1, -0.05) is 30.3 Å². The van der Waals surface area contributed by atoms with Crippen molar-refractivity contribution in [2.24, 2.45) is 0 Å². The van der Waals surface area contributed by atoms with E-state index in [1.165, 1.54) is 6.08 Å². The highest BCUT2D eigenvalue weighted by Gasteiger charge is 1.97. The lowest BCUT2D eigenvalue weighted by Gasteiger charge is -2.05. The van der Waals surface area contributed by atoms with Crippen molar-refractivity contribution in [3.05, 3.63) is 42.0 Å². The first-order chi connectivity index (χ1) is 9.83. The molecule has 5 nitrogen and oxygen atoms in total. The second-order valence-corrected chi connectivity index (χ2v) is 3.86. The van der Waals surface area contributed by atoms with E-state index in [2.05, 4.69) is 0 Å². The molecular weight excluding hydrogens is 260 g/mol. The largest absolute Gasteiger partial charge is 0.460 e. The monoisotopic (exact) mass is 280 g/mol. The van der Waals surface area contributed by atoms with Gasteiger partial charge < -0.3 is 19.3 Å². The summed E-state index contributed by atoms with van der Waals surface area (Å²) in [6, 6.07) is 9.52. The number of benzene rings is 1. The molecule has 0 radical (unpaired) electrons. The van der Waals surface area contributed by atoms with Gasteiger partial charge in [0.2, 0.25) is 0 Å². The van der Waals surface area contributed by atoms with E-state index < -0.39 is 5.97 Å². The van der Waals surface area contributed by atoms with Crippen molar-refractivity contribution in [2.75, 3.05) is 39.6 Å². The first-order valence-corrected chi connectivity index (χ1v) is 6.49. The van der Waals surface area contributed by atoms with E-state index in [1.807, 2.05) is 30.3 Å². The molecule has 1 aromatic carbocycles. The Morgan fingerprint density at radius 1 is 1.00 bits per heavy atom. The molecule has 0 fully saturated rings. The van der Waals surface area contributed by atoms with Gasteiger partial charge in [-0.15, -0.1) is 0 Å². The molecule has 0 aliphatic heterocycles. The highest BCUT2D eigenvalue weighted by atomic mass is 16.6. The van der Waals surface area contributed by atoms with Crippen LogP contribution in [0.1, 0.15) is 5.56 Å². The number of carbonyl (C=O) groups is 1. The molecule has 0 atom stereocenters. The quantitative estimate of drug-likeness (QED) is 0.397. The molecule has 0 saturated heterocycles. The topological polar surface area (TPSA) is 65.0 Å². The average Bonchev–Trinajstić information content (AvgIpc) is 2.49. The Balaban J connectivity index is 2.02. The molecular formula is C15H20O5. The van der Waals surface area contributed by atoms with Gasteiger partial charge in [0.15, 0.2) is 0 Å². The summed E-state index contributed by atoms with van der Waals surface area (Å²) in [7, 11) is 0. The molecule has 0 aliphatic carbocycles. The van der Waals surface area contributed by atoms with E-state index in [0.717, 1.165) is 5.56 Å². The van der Waals surface area contributed by atoms with E-state index >= 15 is 0 Å². The highest BCUT2D eigenvalue weighted by Crippen LogP contribution is 2.00. The van der Waals surface area contributed by atoms with Crippen LogP contribution in [-0.4, -0.2) is 50.7 Å². The maximum atomic E-state index is 11.4. The Morgan fingerprint density at radius 3 is 2.35 bits per heavy atom. The highest BCUT2D eigenvalue weighted by molar-refractivity contribution is 5.86. The van der Waals surface area contributed by atoms with Crippen LogP contribution >= 0.6 is 0 Å². The molecule has 0 aromatic heterocycles. The molecule has 0 heterocycles. The summed E-state index contributed by atoms with van der Waals surface area (Å²) >= 11 is 0. The summed E-state index contributed by atoms with van der Waals surface area (Å²) in [6.07, 6.45) is 3.09. The van der Waals surface area contributed by atoms with Crippen LogP contribution in [0.3, 0.4) is 0 Å². The lowest BCUT2D eigenvalue weighted by Crippen LogP contribution is -2.12. The minimum atomic E-state index is -0.394. The van der Waals surface area contributed by atoms with Crippen LogP contribution in [0, 0.1) is 0 Å². The number of rotatable bonds is 10. The molecule has 0 amide bonds. The summed E-state index contributed by atoms with van der Waals surface area (Å²) in [5.74, 6) is -0.394. The van der Waals surface area contributed by atoms with Crippen molar-refractivity contribution < 1.29 is 24.1 Å². The smallest absolute Gasteiger partial charge is 0.330 e. The number of hydrogen-bond acceptors (Lipinski definition) is 5. The van der Waals surface area contributed by atoms with E-state index in [1.54, 1.807) is 6.08 Å². The van der Waals surface area contributed by atoms with Gasteiger partial charge >= 0.3 is 5.97 Å². The standard InChI is InChI=1S/C15H20O5/c16-8-9-18-10-11-19-12-13-20-15(17)7-6-14-4-2-1-3-5-14/h1-7,16H,8-13H2/b7-6+. The Morgan fingerprint density at radius 2 is 1.65 bits per heavy atom. The van der Waals surface area contributed by atoms with Gasteiger partial charge in [0.25, 0.3) is 0 Å². The zero-order valence-corrected chi connectivity index (χ0v) is 11.4. The molecule has 0 bridgehead atoms. The van der Waals surface area contributed by atoms with Crippen LogP contribution in [0.25, 0.3) is 6.08 Å². The fraction of sp³-hybridized carbons (Fsp3) is 0.400. The van der Waals surface area contributed by atoms with Crippen molar-refractivity contribution in [3.8, 4) is 0 Å². The first-order valence-electron chi connectivity index (χ1n) is 6.49. The fourth-order valence-electron chi connectivity index (χ4n) is 1.36. The van der Waals surface area contributed by atoms with Crippen LogP contribution in [0.2, 0.25) is 0 Å². The first kappa shape index (κ1) is 16.4. The number of aliphatic hydroxyl groups is 1. The van der Waals surface area contributed by atoms with Gasteiger partial charge in [0, 0.05) is 6.08 Å². The third-order valence-corrected chi connectivity index (χ3v) is 2.29. The lowest BCUT2D eigenvalue weighted by atomic mass is 10.2. The minimum Gasteiger partial charge on any atom is -0.460 e. The third kappa shape index (κ3) is 8.42. The molecule has 0 saturated carbocycles. The van der Waals surface area contributed by atoms with Crippen LogP contribution in [-0.2, 0) is 19.0 Å². The van der Waals surface area contributed by atoms with Crippen molar-refractivity contribution in [1.29, 1.82) is 0 Å². The summed E-state index contributed by atoms with van der Waals surface area (Å²) in [5, 5.41) is 8.47. The summed E-state index contributed by atoms with van der Waals surface area (Å²) in [6.45, 7) is 1.68. The number of aliphatic hydroxyl groups excluding tert-OH is 1. The maximum Gasteiger partial charge on any atom is 0.330 e. The van der Waals surface area contributed by atoms with E-state index in [4.69, 9.17) is 19.3 Å². The fourth-order valence-corrected chi connectivity index (χ4v) is 1.36. The van der Waals surface area contributed by atoms with Gasteiger partial charge in [0.1, 0.15) is 6.61 Å². The van der Waals surface area contributed by atoms with Gasteiger partial charge in [-0.25, -0.2) is 4.79 Å². The Kier molecular flexibility index (Phi) is 9.13. The van der Waals surface area contributed by atoms with Crippen molar-refractivity contribution in [3.63, 3.8) is 0 Å². The predicted molar refractivity (Wildman–Crippen MR) is 75.2 cm³/mol. The van der Waals surface area contributed by atoms with Gasteiger partial charge in [-0.3, -0.25) is 0 Å². The molecule has 5 heteroatoms. The predicted octanol–water partition coefficient (Wildman–Crippen LogP) is 1.27. The summed E-state index contributed by atoms with van der Waals surface area (Å²) in [5.41, 5.74) is 0.946. The normalized spacial score (nSPS) is 10.8. The molecule has 1 aromatic rings. The Labute approximate surface area is 118 Å². The number of esters is 1. The molecule has 1 rings (SSSR count). The SMILES string of the molecule is O=C(/C=C/c1ccccc1)OCCOCCOCCO. The molecule has 1 N–H and O–H groups in total. The second-order valence-electron chi connectivity index (χ2n) is 3.86. The van der Waals surface area contributed by atoms with Crippen molar-refractivity contribution in [2.45, 2.75) is 0 Å². The Hall–Kier alpha value is -1.69. The minimum absolute atomic E-state index is 0.00532. The van der Waals surface area contributed by atoms with Gasteiger partial charge in [-0.05, 0) is 11.6 Å². The zero-order valence-electron chi connectivity index (χ0n) is 11.4. The molecule has 0 spiro atoms. The Bertz CT molecular complexity index is 389. The van der Waals surface area contributed by atoms with Crippen LogP contribution in [0.15, 0.2) is 36.4 Å². The molecule has 20 heavy (non-hydrogen) atoms. The van der Waals surface area contributed by atoms with Crippen molar-refractivity contribution in [1.82, 2.24) is 0 Å². The van der Waals surface area contributed by atoms with E-state index in [-0.39, 0.29) is 13.2 Å². The maximum absolute atomic E-state index is 11.4. The number of ether oxygens (including phenoxy) is 3. The zero-order chi connectivity index (χ0) is 14.5. The second kappa shape index (κ2) is 11.2. The van der Waals surface area contributed by atoms with E-state index in [0.29, 0.717) is 26.4 Å². The van der Waals surface area contributed by atoms with Crippen LogP contribution in [0.4, 0.5) is 0 Å². The van der Waals surface area contributed by atoms with Crippen LogP contribution < -0.4 is 0 Å². The lowest BCUT2D eigenvalue weighted by molar-refractivity contribution is -0.139. The summed E-state index contributed by atoms with van der Waals surface area (Å²) < 4.78 is 15.1. The third-order valence-electron chi connectivity index (χ3n) is 2.29. The van der Waals surface area contributed by atoms with Crippen LogP contribution in [0.5, 0.6) is 0 Å².